The fourth-order valence-corrected chi connectivity index (χ4v) is 3.10. The maximum Gasteiger partial charge on any atom is 0.237 e. The number of hydrogen-bond donors (Lipinski definition) is 2. The van der Waals surface area contributed by atoms with Crippen molar-refractivity contribution in [2.45, 2.75) is 50.7 Å². The van der Waals surface area contributed by atoms with Crippen molar-refractivity contribution < 1.29 is 9.59 Å². The Morgan fingerprint density at radius 3 is 2.89 bits per heavy atom. The number of carbonyl (C=O) groups is 2. The Morgan fingerprint density at radius 2 is 2.28 bits per heavy atom. The first-order valence-corrected chi connectivity index (χ1v) is 6.98. The van der Waals surface area contributed by atoms with Crippen LogP contribution in [0.4, 0.5) is 0 Å². The highest BCUT2D eigenvalue weighted by Gasteiger charge is 2.45. The minimum absolute atomic E-state index is 0.0141. The lowest BCUT2D eigenvalue weighted by Crippen LogP contribution is -2.46. The van der Waals surface area contributed by atoms with Crippen molar-refractivity contribution >= 4 is 11.8 Å². The normalized spacial score (nSPS) is 39.2. The maximum absolute atomic E-state index is 12.0. The van der Waals surface area contributed by atoms with E-state index in [-0.39, 0.29) is 23.9 Å². The molecule has 1 saturated carbocycles. The Labute approximate surface area is 107 Å². The van der Waals surface area contributed by atoms with Crippen LogP contribution in [0, 0.1) is 5.92 Å². The van der Waals surface area contributed by atoms with Crippen LogP contribution in [0.1, 0.15) is 32.6 Å². The van der Waals surface area contributed by atoms with Gasteiger partial charge in [0.05, 0.1) is 12.1 Å². The molecule has 2 saturated heterocycles. The van der Waals surface area contributed by atoms with Crippen LogP contribution in [0.3, 0.4) is 0 Å². The highest BCUT2D eigenvalue weighted by molar-refractivity contribution is 5.85. The van der Waals surface area contributed by atoms with Crippen molar-refractivity contribution in [3.63, 3.8) is 0 Å². The molecule has 0 radical (unpaired) electrons. The number of hydrogen-bond acceptors (Lipinski definition) is 3. The first-order valence-electron chi connectivity index (χ1n) is 6.98. The van der Waals surface area contributed by atoms with Gasteiger partial charge < -0.3 is 15.5 Å². The van der Waals surface area contributed by atoms with Crippen molar-refractivity contribution in [2.24, 2.45) is 5.92 Å². The molecule has 3 fully saturated rings. The molecule has 3 rings (SSSR count). The molecule has 2 amide bonds. The molecule has 1 aliphatic carbocycles. The molecular weight excluding hydrogens is 230 g/mol. The van der Waals surface area contributed by atoms with Gasteiger partial charge in [0.2, 0.25) is 11.8 Å². The van der Waals surface area contributed by atoms with E-state index in [0.717, 1.165) is 25.8 Å². The molecule has 0 bridgehead atoms. The molecule has 18 heavy (non-hydrogen) atoms. The van der Waals surface area contributed by atoms with E-state index in [1.807, 2.05) is 4.90 Å². The highest BCUT2D eigenvalue weighted by Crippen LogP contribution is 2.37. The van der Waals surface area contributed by atoms with E-state index in [4.69, 9.17) is 0 Å². The zero-order chi connectivity index (χ0) is 12.7. The number of amides is 2. The Hall–Kier alpha value is -1.10. The summed E-state index contributed by atoms with van der Waals surface area (Å²) in [6.45, 7) is 3.80. The second-order valence-electron chi connectivity index (χ2n) is 5.89. The third-order valence-electron chi connectivity index (χ3n) is 4.35. The van der Waals surface area contributed by atoms with Gasteiger partial charge >= 0.3 is 0 Å². The first-order chi connectivity index (χ1) is 8.65. The molecule has 0 unspecified atom stereocenters. The molecule has 0 aromatic heterocycles. The van der Waals surface area contributed by atoms with Crippen LogP contribution in [-0.4, -0.2) is 47.9 Å². The van der Waals surface area contributed by atoms with Crippen LogP contribution in [0.25, 0.3) is 0 Å². The van der Waals surface area contributed by atoms with Crippen molar-refractivity contribution in [1.82, 2.24) is 15.5 Å². The van der Waals surface area contributed by atoms with Gasteiger partial charge in [-0.1, -0.05) is 6.92 Å². The lowest BCUT2D eigenvalue weighted by atomic mass is 10.2. The lowest BCUT2D eigenvalue weighted by Gasteiger charge is -2.18. The summed E-state index contributed by atoms with van der Waals surface area (Å²) in [5.74, 6) is 0.907. The average Bonchev–Trinajstić information content (AvgIpc) is 2.80. The second kappa shape index (κ2) is 4.53. The third-order valence-corrected chi connectivity index (χ3v) is 4.35. The summed E-state index contributed by atoms with van der Waals surface area (Å²) in [4.78, 5) is 25.8. The van der Waals surface area contributed by atoms with Crippen LogP contribution < -0.4 is 10.6 Å². The molecule has 2 aliphatic heterocycles. The number of rotatable bonds is 3. The zero-order valence-electron chi connectivity index (χ0n) is 10.8. The molecule has 2 heterocycles. The van der Waals surface area contributed by atoms with Gasteiger partial charge in [-0.05, 0) is 31.7 Å². The summed E-state index contributed by atoms with van der Waals surface area (Å²) in [7, 11) is 0. The summed E-state index contributed by atoms with van der Waals surface area (Å²) >= 11 is 0. The summed E-state index contributed by atoms with van der Waals surface area (Å²) in [5.41, 5.74) is 0. The lowest BCUT2D eigenvalue weighted by molar-refractivity contribution is -0.128. The zero-order valence-corrected chi connectivity index (χ0v) is 10.8. The predicted molar refractivity (Wildman–Crippen MR) is 66.9 cm³/mol. The van der Waals surface area contributed by atoms with Crippen LogP contribution in [0.2, 0.25) is 0 Å². The SMILES string of the molecule is C[C@@H]1C[C@@H]1N1C[C@H](NC(=O)[C@H]2CCCN2)CC1=O. The number of likely N-dealkylation sites (tertiary alicyclic amines) is 1. The van der Waals surface area contributed by atoms with Gasteiger partial charge in [-0.15, -0.1) is 0 Å². The number of nitrogens with zero attached hydrogens (tertiary/aromatic N) is 1. The monoisotopic (exact) mass is 251 g/mol. The van der Waals surface area contributed by atoms with E-state index >= 15 is 0 Å². The highest BCUT2D eigenvalue weighted by atomic mass is 16.2. The summed E-state index contributed by atoms with van der Waals surface area (Å²) in [6, 6.07) is 0.401. The van der Waals surface area contributed by atoms with Crippen molar-refractivity contribution in [3.05, 3.63) is 0 Å². The summed E-state index contributed by atoms with van der Waals surface area (Å²) < 4.78 is 0. The summed E-state index contributed by atoms with van der Waals surface area (Å²) in [6.07, 6.45) is 3.57. The maximum atomic E-state index is 12.0. The molecule has 100 valence electrons. The molecule has 5 nitrogen and oxygen atoms in total. The summed E-state index contributed by atoms with van der Waals surface area (Å²) in [5, 5.41) is 6.20. The Balaban J connectivity index is 1.52. The van der Waals surface area contributed by atoms with Crippen molar-refractivity contribution in [1.29, 1.82) is 0 Å². The fraction of sp³-hybridized carbons (Fsp3) is 0.846. The smallest absolute Gasteiger partial charge is 0.237 e. The van der Waals surface area contributed by atoms with E-state index in [2.05, 4.69) is 17.6 Å². The van der Waals surface area contributed by atoms with Crippen LogP contribution in [0.15, 0.2) is 0 Å². The van der Waals surface area contributed by atoms with Gasteiger partial charge in [-0.2, -0.15) is 0 Å². The van der Waals surface area contributed by atoms with E-state index in [0.29, 0.717) is 24.9 Å². The van der Waals surface area contributed by atoms with Gasteiger partial charge in [0.25, 0.3) is 0 Å². The quantitative estimate of drug-likeness (QED) is 0.734. The minimum atomic E-state index is -0.0472. The topological polar surface area (TPSA) is 61.4 Å². The molecule has 4 atom stereocenters. The predicted octanol–water partition coefficient (Wildman–Crippen LogP) is -0.136. The Morgan fingerprint density at radius 1 is 1.50 bits per heavy atom. The van der Waals surface area contributed by atoms with E-state index in [9.17, 15) is 9.59 Å². The Bertz CT molecular complexity index is 365. The van der Waals surface area contributed by atoms with E-state index in [1.54, 1.807) is 0 Å². The molecule has 0 aromatic rings. The largest absolute Gasteiger partial charge is 0.350 e. The van der Waals surface area contributed by atoms with Gasteiger partial charge in [-0.25, -0.2) is 0 Å². The van der Waals surface area contributed by atoms with Gasteiger partial charge in [-0.3, -0.25) is 9.59 Å². The number of nitrogens with one attached hydrogen (secondary N) is 2. The minimum Gasteiger partial charge on any atom is -0.350 e. The van der Waals surface area contributed by atoms with Gasteiger partial charge in [0.1, 0.15) is 0 Å². The van der Waals surface area contributed by atoms with Crippen molar-refractivity contribution in [3.8, 4) is 0 Å². The molecule has 0 spiro atoms. The van der Waals surface area contributed by atoms with Crippen LogP contribution in [0.5, 0.6) is 0 Å². The molecule has 3 aliphatic rings. The number of carbonyl (C=O) groups excluding carboxylic acids is 2. The van der Waals surface area contributed by atoms with E-state index in [1.165, 1.54) is 0 Å². The third kappa shape index (κ3) is 2.23. The second-order valence-corrected chi connectivity index (χ2v) is 5.89. The van der Waals surface area contributed by atoms with Crippen LogP contribution in [-0.2, 0) is 9.59 Å². The molecule has 0 aromatic carbocycles. The van der Waals surface area contributed by atoms with Gasteiger partial charge in [0, 0.05) is 19.0 Å². The Kier molecular flexibility index (Phi) is 3.01. The average molecular weight is 251 g/mol. The molecular formula is C13H21N3O2. The fourth-order valence-electron chi connectivity index (χ4n) is 3.10. The standard InChI is InChI=1S/C13H21N3O2/c1-8-5-11(8)16-7-9(6-12(16)17)15-13(18)10-3-2-4-14-10/h8-11,14H,2-7H2,1H3,(H,15,18)/t8-,9-,10-,11+/m1/s1. The molecule has 5 heteroatoms. The van der Waals surface area contributed by atoms with Crippen molar-refractivity contribution in [2.75, 3.05) is 13.1 Å². The van der Waals surface area contributed by atoms with E-state index < -0.39 is 0 Å². The first kappa shape index (κ1) is 12.0. The van der Waals surface area contributed by atoms with Gasteiger partial charge in [0.15, 0.2) is 0 Å². The molecule has 2 N–H and O–H groups in total. The van der Waals surface area contributed by atoms with Crippen LogP contribution >= 0.6 is 0 Å².